The SMILES string of the molecule is Cc1cccc(Nc2ccnc(N)c2C#N)c1. The highest BCUT2D eigenvalue weighted by Crippen LogP contribution is 2.23. The number of hydrogen-bond acceptors (Lipinski definition) is 4. The minimum atomic E-state index is 0.241. The first-order chi connectivity index (χ1) is 8.20. The van der Waals surface area contributed by atoms with Gasteiger partial charge in [0.15, 0.2) is 0 Å². The molecule has 0 atom stereocenters. The number of nitrogen functional groups attached to an aromatic ring is 1. The van der Waals surface area contributed by atoms with Crippen molar-refractivity contribution in [3.63, 3.8) is 0 Å². The molecule has 0 aliphatic carbocycles. The lowest BCUT2D eigenvalue weighted by molar-refractivity contribution is 1.30. The van der Waals surface area contributed by atoms with Crippen LogP contribution in [0.2, 0.25) is 0 Å². The third kappa shape index (κ3) is 2.34. The predicted octanol–water partition coefficient (Wildman–Crippen LogP) is 2.59. The summed E-state index contributed by atoms with van der Waals surface area (Å²) in [5, 5.41) is 12.2. The molecule has 0 unspecified atom stereocenters. The Balaban J connectivity index is 2.37. The highest BCUT2D eigenvalue weighted by atomic mass is 14.9. The van der Waals surface area contributed by atoms with E-state index in [0.717, 1.165) is 11.3 Å². The van der Waals surface area contributed by atoms with E-state index in [2.05, 4.69) is 10.3 Å². The first kappa shape index (κ1) is 11.0. The molecule has 0 saturated carbocycles. The number of hydrogen-bond donors (Lipinski definition) is 2. The van der Waals surface area contributed by atoms with Crippen LogP contribution in [-0.2, 0) is 0 Å². The molecule has 0 amide bonds. The zero-order chi connectivity index (χ0) is 12.3. The molecule has 4 heteroatoms. The van der Waals surface area contributed by atoms with Gasteiger partial charge in [0, 0.05) is 11.9 Å². The largest absolute Gasteiger partial charge is 0.383 e. The summed E-state index contributed by atoms with van der Waals surface area (Å²) in [7, 11) is 0. The Bertz CT molecular complexity index is 584. The molecule has 0 radical (unpaired) electrons. The molecule has 0 aliphatic rings. The molecule has 1 heterocycles. The fourth-order valence-corrected chi connectivity index (χ4v) is 1.58. The average molecular weight is 224 g/mol. The second-order valence-corrected chi connectivity index (χ2v) is 3.73. The molecule has 0 aliphatic heterocycles. The number of nitrogens with zero attached hydrogens (tertiary/aromatic N) is 2. The van der Waals surface area contributed by atoms with Crippen molar-refractivity contribution in [1.82, 2.24) is 4.98 Å². The Morgan fingerprint density at radius 3 is 2.88 bits per heavy atom. The number of aromatic nitrogens is 1. The van der Waals surface area contributed by atoms with Gasteiger partial charge < -0.3 is 11.1 Å². The van der Waals surface area contributed by atoms with Gasteiger partial charge in [0.25, 0.3) is 0 Å². The van der Waals surface area contributed by atoms with Crippen LogP contribution in [0.25, 0.3) is 0 Å². The van der Waals surface area contributed by atoms with Crippen molar-refractivity contribution in [1.29, 1.82) is 5.26 Å². The molecule has 4 nitrogen and oxygen atoms in total. The van der Waals surface area contributed by atoms with E-state index in [1.54, 1.807) is 12.3 Å². The predicted molar refractivity (Wildman–Crippen MR) is 67.8 cm³/mol. The summed E-state index contributed by atoms with van der Waals surface area (Å²) < 4.78 is 0. The zero-order valence-electron chi connectivity index (χ0n) is 9.44. The minimum Gasteiger partial charge on any atom is -0.383 e. The molecule has 0 saturated heterocycles. The third-order valence-corrected chi connectivity index (χ3v) is 2.39. The maximum absolute atomic E-state index is 9.02. The van der Waals surface area contributed by atoms with Gasteiger partial charge in [-0.2, -0.15) is 5.26 Å². The van der Waals surface area contributed by atoms with E-state index in [9.17, 15) is 0 Å². The van der Waals surface area contributed by atoms with Gasteiger partial charge in [-0.25, -0.2) is 4.98 Å². The van der Waals surface area contributed by atoms with Crippen LogP contribution in [0, 0.1) is 18.3 Å². The Morgan fingerprint density at radius 1 is 1.35 bits per heavy atom. The Morgan fingerprint density at radius 2 is 2.18 bits per heavy atom. The zero-order valence-corrected chi connectivity index (χ0v) is 9.44. The third-order valence-electron chi connectivity index (χ3n) is 2.39. The maximum Gasteiger partial charge on any atom is 0.143 e. The van der Waals surface area contributed by atoms with Crippen LogP contribution < -0.4 is 11.1 Å². The van der Waals surface area contributed by atoms with Crippen LogP contribution in [0.5, 0.6) is 0 Å². The maximum atomic E-state index is 9.02. The van der Waals surface area contributed by atoms with Crippen molar-refractivity contribution >= 4 is 17.2 Å². The molecule has 1 aromatic carbocycles. The Labute approximate surface area is 99.7 Å². The summed E-state index contributed by atoms with van der Waals surface area (Å²) in [6.45, 7) is 2.01. The molecular formula is C13H12N4. The lowest BCUT2D eigenvalue weighted by atomic mass is 10.2. The van der Waals surface area contributed by atoms with E-state index < -0.39 is 0 Å². The summed E-state index contributed by atoms with van der Waals surface area (Å²) in [6.07, 6.45) is 1.58. The normalized spacial score (nSPS) is 9.65. The monoisotopic (exact) mass is 224 g/mol. The summed E-state index contributed by atoms with van der Waals surface area (Å²) >= 11 is 0. The summed E-state index contributed by atoms with van der Waals surface area (Å²) in [5.74, 6) is 0.241. The van der Waals surface area contributed by atoms with Crippen molar-refractivity contribution < 1.29 is 0 Å². The van der Waals surface area contributed by atoms with Crippen molar-refractivity contribution in [2.24, 2.45) is 0 Å². The van der Waals surface area contributed by atoms with Gasteiger partial charge in [0.2, 0.25) is 0 Å². The van der Waals surface area contributed by atoms with E-state index in [1.807, 2.05) is 37.3 Å². The van der Waals surface area contributed by atoms with Crippen LogP contribution in [0.15, 0.2) is 36.5 Å². The number of rotatable bonds is 2. The minimum absolute atomic E-state index is 0.241. The summed E-state index contributed by atoms with van der Waals surface area (Å²) in [5.41, 5.74) is 8.76. The van der Waals surface area contributed by atoms with E-state index in [1.165, 1.54) is 0 Å². The molecule has 17 heavy (non-hydrogen) atoms. The van der Waals surface area contributed by atoms with Gasteiger partial charge in [-0.1, -0.05) is 12.1 Å². The molecule has 2 rings (SSSR count). The topological polar surface area (TPSA) is 74.7 Å². The highest BCUT2D eigenvalue weighted by molar-refractivity contribution is 5.71. The molecule has 1 aromatic heterocycles. The molecule has 84 valence electrons. The molecule has 0 fully saturated rings. The molecular weight excluding hydrogens is 212 g/mol. The molecule has 0 spiro atoms. The number of nitrogens with two attached hydrogens (primary N) is 1. The standard InChI is InChI=1S/C13H12N4/c1-9-3-2-4-10(7-9)17-12-5-6-16-13(15)11(12)8-14/h2-7H,1H3,(H3,15,16,17). The van der Waals surface area contributed by atoms with Gasteiger partial charge in [-0.3, -0.25) is 0 Å². The average Bonchev–Trinajstić information content (AvgIpc) is 2.29. The summed E-state index contributed by atoms with van der Waals surface area (Å²) in [6, 6.07) is 11.7. The second-order valence-electron chi connectivity index (χ2n) is 3.73. The van der Waals surface area contributed by atoms with Gasteiger partial charge in [-0.15, -0.1) is 0 Å². The lowest BCUT2D eigenvalue weighted by Gasteiger charge is -2.09. The molecule has 2 aromatic rings. The van der Waals surface area contributed by atoms with Gasteiger partial charge in [0.1, 0.15) is 17.5 Å². The van der Waals surface area contributed by atoms with Crippen LogP contribution in [0.3, 0.4) is 0 Å². The Kier molecular flexibility index (Phi) is 2.93. The lowest BCUT2D eigenvalue weighted by Crippen LogP contribution is -2.00. The highest BCUT2D eigenvalue weighted by Gasteiger charge is 2.06. The number of pyridine rings is 1. The number of nitriles is 1. The van der Waals surface area contributed by atoms with Crippen molar-refractivity contribution in [2.75, 3.05) is 11.1 Å². The van der Waals surface area contributed by atoms with E-state index in [-0.39, 0.29) is 5.82 Å². The fourth-order valence-electron chi connectivity index (χ4n) is 1.58. The Hall–Kier alpha value is -2.54. The number of aryl methyl sites for hydroxylation is 1. The van der Waals surface area contributed by atoms with Crippen molar-refractivity contribution in [2.45, 2.75) is 6.92 Å². The van der Waals surface area contributed by atoms with Gasteiger partial charge in [-0.05, 0) is 30.7 Å². The van der Waals surface area contributed by atoms with Crippen LogP contribution in [0.4, 0.5) is 17.2 Å². The number of benzene rings is 1. The van der Waals surface area contributed by atoms with Crippen LogP contribution in [-0.4, -0.2) is 4.98 Å². The molecule has 3 N–H and O–H groups in total. The van der Waals surface area contributed by atoms with E-state index >= 15 is 0 Å². The van der Waals surface area contributed by atoms with Crippen molar-refractivity contribution in [3.8, 4) is 6.07 Å². The quantitative estimate of drug-likeness (QED) is 0.822. The summed E-state index contributed by atoms with van der Waals surface area (Å²) in [4.78, 5) is 3.89. The van der Waals surface area contributed by atoms with Gasteiger partial charge in [0.05, 0.1) is 5.69 Å². The van der Waals surface area contributed by atoms with Crippen LogP contribution >= 0.6 is 0 Å². The second kappa shape index (κ2) is 4.54. The fraction of sp³-hybridized carbons (Fsp3) is 0.0769. The number of nitrogens with one attached hydrogen (secondary N) is 1. The number of anilines is 3. The van der Waals surface area contributed by atoms with Crippen molar-refractivity contribution in [3.05, 3.63) is 47.7 Å². The first-order valence-corrected chi connectivity index (χ1v) is 5.19. The van der Waals surface area contributed by atoms with Gasteiger partial charge >= 0.3 is 0 Å². The van der Waals surface area contributed by atoms with E-state index in [0.29, 0.717) is 11.3 Å². The smallest absolute Gasteiger partial charge is 0.143 e. The molecule has 0 bridgehead atoms. The van der Waals surface area contributed by atoms with Crippen LogP contribution in [0.1, 0.15) is 11.1 Å². The first-order valence-electron chi connectivity index (χ1n) is 5.19. The van der Waals surface area contributed by atoms with E-state index in [4.69, 9.17) is 11.0 Å².